The second-order valence-electron chi connectivity index (χ2n) is 6.02. The maximum absolute atomic E-state index is 12.5. The lowest BCUT2D eigenvalue weighted by Gasteiger charge is -2.15. The Morgan fingerprint density at radius 1 is 1.28 bits per heavy atom. The van der Waals surface area contributed by atoms with Gasteiger partial charge in [0.05, 0.1) is 17.6 Å². The molecule has 1 aromatic carbocycles. The molecule has 1 aliphatic heterocycles. The van der Waals surface area contributed by atoms with E-state index >= 15 is 0 Å². The molecular formula is C17H27N3O4S. The van der Waals surface area contributed by atoms with Gasteiger partial charge in [-0.2, -0.15) is 0 Å². The molecule has 8 heteroatoms. The molecular weight excluding hydrogens is 342 g/mol. The Hall–Kier alpha value is -1.64. The number of carbonyl (C=O) groups is 1. The van der Waals surface area contributed by atoms with E-state index in [9.17, 15) is 13.2 Å². The molecule has 1 fully saturated rings. The van der Waals surface area contributed by atoms with Gasteiger partial charge in [-0.05, 0) is 64.0 Å². The first-order valence-electron chi connectivity index (χ1n) is 8.66. The number of sulfonamides is 1. The van der Waals surface area contributed by atoms with E-state index in [-0.39, 0.29) is 16.4 Å². The Balaban J connectivity index is 2.02. The monoisotopic (exact) mass is 369 g/mol. The minimum absolute atomic E-state index is 0.0655. The highest BCUT2D eigenvalue weighted by molar-refractivity contribution is 7.89. The number of nitrogens with one attached hydrogen (secondary N) is 2. The van der Waals surface area contributed by atoms with Crippen molar-refractivity contribution in [1.29, 1.82) is 0 Å². The summed E-state index contributed by atoms with van der Waals surface area (Å²) in [4.78, 5) is 14.5. The lowest BCUT2D eigenvalue weighted by molar-refractivity contribution is 0.0952. The Morgan fingerprint density at radius 2 is 2.00 bits per heavy atom. The summed E-state index contributed by atoms with van der Waals surface area (Å²) in [5.74, 6) is -0.00985. The van der Waals surface area contributed by atoms with Crippen LogP contribution in [0.4, 0.5) is 0 Å². The molecule has 25 heavy (non-hydrogen) atoms. The van der Waals surface area contributed by atoms with Crippen LogP contribution in [0.1, 0.15) is 36.5 Å². The Morgan fingerprint density at radius 3 is 2.64 bits per heavy atom. The van der Waals surface area contributed by atoms with Crippen LogP contribution in [-0.2, 0) is 10.0 Å². The summed E-state index contributed by atoms with van der Waals surface area (Å²) in [6.07, 6.45) is 3.21. The fourth-order valence-corrected chi connectivity index (χ4v) is 3.99. The second-order valence-corrected chi connectivity index (χ2v) is 7.79. The average molecular weight is 369 g/mol. The molecule has 0 aromatic heterocycles. The number of ether oxygens (including phenoxy) is 1. The Labute approximate surface area is 149 Å². The van der Waals surface area contributed by atoms with Crippen LogP contribution in [-0.4, -0.2) is 59.1 Å². The third-order valence-electron chi connectivity index (χ3n) is 4.21. The van der Waals surface area contributed by atoms with Crippen LogP contribution in [0.15, 0.2) is 23.1 Å². The highest BCUT2D eigenvalue weighted by Gasteiger charge is 2.19. The predicted octanol–water partition coefficient (Wildman–Crippen LogP) is 1.21. The van der Waals surface area contributed by atoms with Gasteiger partial charge in [0.15, 0.2) is 0 Å². The minimum Gasteiger partial charge on any atom is -0.496 e. The molecule has 0 atom stereocenters. The van der Waals surface area contributed by atoms with Crippen molar-refractivity contribution in [2.45, 2.75) is 31.1 Å². The number of carbonyl (C=O) groups excluding carboxylic acids is 1. The van der Waals surface area contributed by atoms with Crippen molar-refractivity contribution in [2.24, 2.45) is 0 Å². The van der Waals surface area contributed by atoms with E-state index in [0.29, 0.717) is 18.8 Å². The molecule has 0 unspecified atom stereocenters. The highest BCUT2D eigenvalue weighted by atomic mass is 32.2. The van der Waals surface area contributed by atoms with E-state index in [0.717, 1.165) is 26.1 Å². The van der Waals surface area contributed by atoms with Gasteiger partial charge in [-0.1, -0.05) is 0 Å². The number of likely N-dealkylation sites (tertiary alicyclic amines) is 1. The molecule has 0 aliphatic carbocycles. The molecule has 0 bridgehead atoms. The molecule has 1 heterocycles. The number of nitrogens with zero attached hydrogens (tertiary/aromatic N) is 1. The van der Waals surface area contributed by atoms with Crippen molar-refractivity contribution in [3.05, 3.63) is 23.8 Å². The van der Waals surface area contributed by atoms with Gasteiger partial charge in [0.2, 0.25) is 10.0 Å². The van der Waals surface area contributed by atoms with Crippen LogP contribution >= 0.6 is 0 Å². The number of benzene rings is 1. The third-order valence-corrected chi connectivity index (χ3v) is 5.66. The average Bonchev–Trinajstić information content (AvgIpc) is 3.12. The maximum Gasteiger partial charge on any atom is 0.255 e. The van der Waals surface area contributed by atoms with E-state index in [2.05, 4.69) is 14.9 Å². The molecule has 1 amide bonds. The van der Waals surface area contributed by atoms with Gasteiger partial charge in [0.1, 0.15) is 5.75 Å². The highest BCUT2D eigenvalue weighted by Crippen LogP contribution is 2.22. The fraction of sp³-hybridized carbons (Fsp3) is 0.588. The number of methoxy groups -OCH3 is 1. The zero-order valence-corrected chi connectivity index (χ0v) is 15.7. The van der Waals surface area contributed by atoms with E-state index in [4.69, 9.17) is 4.74 Å². The standard InChI is InChI=1S/C17H27N3O4S/c1-3-18-17(21)15-13-14(7-8-16(15)24-2)25(22,23)19-9-6-12-20-10-4-5-11-20/h7-8,13,19H,3-6,9-12H2,1-2H3,(H,18,21). The van der Waals surface area contributed by atoms with E-state index in [1.54, 1.807) is 6.92 Å². The number of amides is 1. The van der Waals surface area contributed by atoms with Gasteiger partial charge in [0.25, 0.3) is 5.91 Å². The first-order valence-corrected chi connectivity index (χ1v) is 10.1. The molecule has 1 aromatic rings. The molecule has 7 nitrogen and oxygen atoms in total. The van der Waals surface area contributed by atoms with E-state index in [1.165, 1.54) is 38.2 Å². The van der Waals surface area contributed by atoms with Gasteiger partial charge in [-0.15, -0.1) is 0 Å². The van der Waals surface area contributed by atoms with Crippen LogP contribution in [0.2, 0.25) is 0 Å². The summed E-state index contributed by atoms with van der Waals surface area (Å²) >= 11 is 0. The normalized spacial score (nSPS) is 15.3. The van der Waals surface area contributed by atoms with Crippen molar-refractivity contribution >= 4 is 15.9 Å². The number of hydrogen-bond donors (Lipinski definition) is 2. The molecule has 0 spiro atoms. The summed E-state index contributed by atoms with van der Waals surface area (Å²) in [7, 11) is -2.21. The first kappa shape index (κ1) is 19.7. The largest absolute Gasteiger partial charge is 0.496 e. The van der Waals surface area contributed by atoms with Crippen LogP contribution in [0, 0.1) is 0 Å². The SMILES string of the molecule is CCNC(=O)c1cc(S(=O)(=O)NCCCN2CCCC2)ccc1OC. The topological polar surface area (TPSA) is 87.7 Å². The zero-order valence-electron chi connectivity index (χ0n) is 14.9. The predicted molar refractivity (Wildman–Crippen MR) is 96.5 cm³/mol. The van der Waals surface area contributed by atoms with Crippen molar-refractivity contribution in [1.82, 2.24) is 14.9 Å². The first-order chi connectivity index (χ1) is 12.0. The van der Waals surface area contributed by atoms with Gasteiger partial charge in [0, 0.05) is 13.1 Å². The summed E-state index contributed by atoms with van der Waals surface area (Å²) in [6.45, 7) is 5.72. The summed E-state index contributed by atoms with van der Waals surface area (Å²) in [5.41, 5.74) is 0.212. The molecule has 1 saturated heterocycles. The second kappa shape index (κ2) is 9.17. The fourth-order valence-electron chi connectivity index (χ4n) is 2.89. The van der Waals surface area contributed by atoms with Crippen LogP contribution in [0.3, 0.4) is 0 Å². The Kier molecular flexibility index (Phi) is 7.22. The molecule has 2 N–H and O–H groups in total. The molecule has 140 valence electrons. The van der Waals surface area contributed by atoms with Gasteiger partial charge >= 0.3 is 0 Å². The summed E-state index contributed by atoms with van der Waals surface area (Å²) in [6, 6.07) is 4.31. The van der Waals surface area contributed by atoms with Crippen LogP contribution in [0.25, 0.3) is 0 Å². The van der Waals surface area contributed by atoms with Gasteiger partial charge in [-0.25, -0.2) is 13.1 Å². The van der Waals surface area contributed by atoms with Crippen molar-refractivity contribution < 1.29 is 17.9 Å². The quantitative estimate of drug-likeness (QED) is 0.639. The van der Waals surface area contributed by atoms with Crippen molar-refractivity contribution in [3.8, 4) is 5.75 Å². The molecule has 0 radical (unpaired) electrons. The van der Waals surface area contributed by atoms with Gasteiger partial charge < -0.3 is 15.0 Å². The summed E-state index contributed by atoms with van der Waals surface area (Å²) < 4.78 is 32.7. The van der Waals surface area contributed by atoms with Crippen molar-refractivity contribution in [2.75, 3.05) is 39.8 Å². The minimum atomic E-state index is -3.66. The van der Waals surface area contributed by atoms with E-state index in [1.807, 2.05) is 0 Å². The molecule has 1 aliphatic rings. The molecule has 2 rings (SSSR count). The smallest absolute Gasteiger partial charge is 0.255 e. The van der Waals surface area contributed by atoms with Gasteiger partial charge in [-0.3, -0.25) is 4.79 Å². The van der Waals surface area contributed by atoms with E-state index < -0.39 is 10.0 Å². The van der Waals surface area contributed by atoms with Crippen LogP contribution in [0.5, 0.6) is 5.75 Å². The number of hydrogen-bond acceptors (Lipinski definition) is 5. The summed E-state index contributed by atoms with van der Waals surface area (Å²) in [5, 5.41) is 2.66. The number of rotatable bonds is 9. The molecule has 0 saturated carbocycles. The maximum atomic E-state index is 12.5. The van der Waals surface area contributed by atoms with Crippen molar-refractivity contribution in [3.63, 3.8) is 0 Å². The lowest BCUT2D eigenvalue weighted by atomic mass is 10.2. The van der Waals surface area contributed by atoms with Crippen LogP contribution < -0.4 is 14.8 Å². The zero-order chi connectivity index (χ0) is 18.3. The lowest BCUT2D eigenvalue weighted by Crippen LogP contribution is -2.29. The Bertz CT molecular complexity index is 685. The third kappa shape index (κ3) is 5.42.